The molecule has 3 N–H and O–H groups in total. The van der Waals surface area contributed by atoms with Gasteiger partial charge in [-0.05, 0) is 6.42 Å². The van der Waals surface area contributed by atoms with E-state index in [1.54, 1.807) is 18.8 Å². The lowest BCUT2D eigenvalue weighted by Crippen LogP contribution is -2.28. The number of imidazole rings is 1. The summed E-state index contributed by atoms with van der Waals surface area (Å²) in [5.41, 5.74) is 0. The highest BCUT2D eigenvalue weighted by atomic mass is 16.2. The molecule has 1 aliphatic heterocycles. The van der Waals surface area contributed by atoms with Gasteiger partial charge in [0.2, 0.25) is 0 Å². The van der Waals surface area contributed by atoms with Crippen LogP contribution in [0.5, 0.6) is 0 Å². The van der Waals surface area contributed by atoms with Gasteiger partial charge in [0.05, 0.1) is 0 Å². The molecule has 1 unspecified atom stereocenters. The maximum absolute atomic E-state index is 11.1. The Morgan fingerprint density at radius 2 is 2.36 bits per heavy atom. The van der Waals surface area contributed by atoms with E-state index in [0.29, 0.717) is 12.2 Å². The van der Waals surface area contributed by atoms with Gasteiger partial charge in [-0.1, -0.05) is 0 Å². The first-order valence-electron chi connectivity index (χ1n) is 4.19. The Bertz CT molecular complexity index is 346. The van der Waals surface area contributed by atoms with Crippen molar-refractivity contribution in [1.29, 1.82) is 0 Å². The minimum Gasteiger partial charge on any atom is -0.348 e. The minimum absolute atomic E-state index is 0.294. The lowest BCUT2D eigenvalue weighted by Gasteiger charge is -2.03. The lowest BCUT2D eigenvalue weighted by molar-refractivity contribution is -0.120. The van der Waals surface area contributed by atoms with Crippen molar-refractivity contribution in [2.24, 2.45) is 0 Å². The van der Waals surface area contributed by atoms with Gasteiger partial charge in [0.1, 0.15) is 11.9 Å². The van der Waals surface area contributed by atoms with E-state index in [1.807, 2.05) is 0 Å². The van der Waals surface area contributed by atoms with Crippen molar-refractivity contribution in [2.45, 2.75) is 12.5 Å². The van der Waals surface area contributed by atoms with Crippen molar-refractivity contribution in [3.8, 4) is 0 Å². The Morgan fingerprint density at radius 1 is 1.50 bits per heavy atom. The van der Waals surface area contributed by atoms with Crippen LogP contribution in [0.4, 0.5) is 4.79 Å². The molecule has 1 fully saturated rings. The number of amides is 3. The fraction of sp³-hybridized carbons (Fsp3) is 0.250. The topological polar surface area (TPSA) is 86.9 Å². The number of aromatic nitrogens is 2. The minimum atomic E-state index is -0.479. The van der Waals surface area contributed by atoms with E-state index >= 15 is 0 Å². The van der Waals surface area contributed by atoms with Crippen LogP contribution < -0.4 is 10.6 Å². The zero-order valence-electron chi connectivity index (χ0n) is 7.28. The molecule has 1 aliphatic rings. The number of nitrogens with one attached hydrogen (secondary N) is 3. The number of hydrogen-bond acceptors (Lipinski definition) is 3. The molecule has 1 saturated heterocycles. The van der Waals surface area contributed by atoms with Crippen molar-refractivity contribution < 1.29 is 9.59 Å². The molecule has 14 heavy (non-hydrogen) atoms. The highest BCUT2D eigenvalue weighted by molar-refractivity contribution is 6.04. The van der Waals surface area contributed by atoms with E-state index in [4.69, 9.17) is 0 Å². The Morgan fingerprint density at radius 3 is 2.93 bits per heavy atom. The molecular weight excluding hydrogens is 184 g/mol. The number of aromatic amines is 1. The molecule has 6 heteroatoms. The van der Waals surface area contributed by atoms with E-state index in [1.165, 1.54) is 0 Å². The summed E-state index contributed by atoms with van der Waals surface area (Å²) in [5, 5.41) is 4.65. The zero-order chi connectivity index (χ0) is 9.97. The third-order valence-electron chi connectivity index (χ3n) is 1.92. The molecule has 1 radical (unpaired) electrons. The summed E-state index contributed by atoms with van der Waals surface area (Å²) in [6.45, 7) is 0. The molecule has 3 amide bonds. The third kappa shape index (κ3) is 1.73. The molecule has 2 rings (SSSR count). The Labute approximate surface area is 80.1 Å². The van der Waals surface area contributed by atoms with E-state index < -0.39 is 12.1 Å². The van der Waals surface area contributed by atoms with Crippen LogP contribution in [-0.2, 0) is 4.79 Å². The standard InChI is InChI=1S/C8H9N4O2/c13-7-5(11-8(14)12-7)1-2-6-9-3-4-10-6/h2-5H,1H2,(H,9,10)(H2,11,12,13,14). The van der Waals surface area contributed by atoms with Crippen molar-refractivity contribution in [2.75, 3.05) is 0 Å². The van der Waals surface area contributed by atoms with Gasteiger partial charge in [-0.2, -0.15) is 0 Å². The lowest BCUT2D eigenvalue weighted by atomic mass is 10.1. The van der Waals surface area contributed by atoms with Crippen molar-refractivity contribution in [3.05, 3.63) is 24.6 Å². The fourth-order valence-corrected chi connectivity index (χ4v) is 1.24. The molecule has 0 saturated carbocycles. The highest BCUT2D eigenvalue weighted by Gasteiger charge is 2.28. The Kier molecular flexibility index (Phi) is 2.18. The Balaban J connectivity index is 1.87. The summed E-state index contributed by atoms with van der Waals surface area (Å²) >= 11 is 0. The van der Waals surface area contributed by atoms with Crippen LogP contribution in [0, 0.1) is 6.42 Å². The predicted octanol–water partition coefficient (Wildman–Crippen LogP) is -0.440. The molecule has 1 atom stereocenters. The molecule has 73 valence electrons. The van der Waals surface area contributed by atoms with Crippen LogP contribution in [0.25, 0.3) is 0 Å². The van der Waals surface area contributed by atoms with Crippen molar-refractivity contribution >= 4 is 11.9 Å². The van der Waals surface area contributed by atoms with E-state index in [2.05, 4.69) is 20.6 Å². The van der Waals surface area contributed by atoms with Gasteiger partial charge >= 0.3 is 6.03 Å². The van der Waals surface area contributed by atoms with Crippen molar-refractivity contribution in [3.63, 3.8) is 0 Å². The van der Waals surface area contributed by atoms with E-state index in [0.717, 1.165) is 0 Å². The smallest absolute Gasteiger partial charge is 0.322 e. The Hall–Kier alpha value is -1.85. The molecule has 0 aliphatic carbocycles. The number of urea groups is 1. The first-order valence-corrected chi connectivity index (χ1v) is 4.19. The second kappa shape index (κ2) is 3.49. The maximum atomic E-state index is 11.1. The number of nitrogens with zero attached hydrogens (tertiary/aromatic N) is 1. The summed E-state index contributed by atoms with van der Waals surface area (Å²) in [5.74, 6) is 0.400. The van der Waals surface area contributed by atoms with Crippen LogP contribution in [0.1, 0.15) is 12.2 Å². The van der Waals surface area contributed by atoms with Gasteiger partial charge in [-0.15, -0.1) is 0 Å². The number of carbonyl (C=O) groups excluding carboxylic acids is 2. The fourth-order valence-electron chi connectivity index (χ4n) is 1.24. The molecule has 1 aromatic heterocycles. The number of carbonyl (C=O) groups is 2. The largest absolute Gasteiger partial charge is 0.348 e. The molecule has 0 aromatic carbocycles. The molecule has 0 spiro atoms. The summed E-state index contributed by atoms with van der Waals surface area (Å²) in [6.07, 6.45) is 5.51. The van der Waals surface area contributed by atoms with E-state index in [-0.39, 0.29) is 5.91 Å². The summed E-state index contributed by atoms with van der Waals surface area (Å²) in [7, 11) is 0. The third-order valence-corrected chi connectivity index (χ3v) is 1.92. The number of H-pyrrole nitrogens is 1. The average Bonchev–Trinajstić information content (AvgIpc) is 2.72. The van der Waals surface area contributed by atoms with Crippen LogP contribution in [0.15, 0.2) is 12.4 Å². The first-order chi connectivity index (χ1) is 6.75. The van der Waals surface area contributed by atoms with Gasteiger partial charge in [0.25, 0.3) is 5.91 Å². The number of hydrogen-bond donors (Lipinski definition) is 3. The normalized spacial score (nSPS) is 20.7. The van der Waals surface area contributed by atoms with Crippen LogP contribution in [0.3, 0.4) is 0 Å². The quantitative estimate of drug-likeness (QED) is 0.569. The summed E-state index contributed by atoms with van der Waals surface area (Å²) < 4.78 is 0. The van der Waals surface area contributed by atoms with Gasteiger partial charge in [0.15, 0.2) is 0 Å². The molecule has 6 nitrogen and oxygen atoms in total. The predicted molar refractivity (Wildman–Crippen MR) is 47.1 cm³/mol. The monoisotopic (exact) mass is 193 g/mol. The molecule has 1 aromatic rings. The highest BCUT2D eigenvalue weighted by Crippen LogP contribution is 2.05. The zero-order valence-corrected chi connectivity index (χ0v) is 7.28. The maximum Gasteiger partial charge on any atom is 0.322 e. The first kappa shape index (κ1) is 8.74. The van der Waals surface area contributed by atoms with Gasteiger partial charge in [-0.25, -0.2) is 9.78 Å². The average molecular weight is 193 g/mol. The van der Waals surface area contributed by atoms with E-state index in [9.17, 15) is 9.59 Å². The van der Waals surface area contributed by atoms with Crippen LogP contribution in [0.2, 0.25) is 0 Å². The van der Waals surface area contributed by atoms with Crippen LogP contribution >= 0.6 is 0 Å². The number of imide groups is 1. The summed E-state index contributed by atoms with van der Waals surface area (Å²) in [6, 6.07) is -0.916. The second-order valence-corrected chi connectivity index (χ2v) is 2.93. The van der Waals surface area contributed by atoms with Crippen LogP contribution in [-0.4, -0.2) is 27.9 Å². The SMILES string of the molecule is O=C1NC(=O)C(C[CH]c2ncc[nH]2)N1. The summed E-state index contributed by atoms with van der Waals surface area (Å²) in [4.78, 5) is 28.7. The molecule has 0 bridgehead atoms. The van der Waals surface area contributed by atoms with Gasteiger partial charge in [-0.3, -0.25) is 10.1 Å². The number of rotatable bonds is 3. The molecule has 2 heterocycles. The van der Waals surface area contributed by atoms with Gasteiger partial charge < -0.3 is 10.3 Å². The van der Waals surface area contributed by atoms with Gasteiger partial charge in [0, 0.05) is 18.8 Å². The van der Waals surface area contributed by atoms with Crippen molar-refractivity contribution in [1.82, 2.24) is 20.6 Å². The second-order valence-electron chi connectivity index (χ2n) is 2.93. The molecular formula is C8H9N4O2.